The van der Waals surface area contributed by atoms with Gasteiger partial charge in [-0.15, -0.1) is 0 Å². The highest BCUT2D eigenvalue weighted by atomic mass is 16.6. The Morgan fingerprint density at radius 2 is 1.72 bits per heavy atom. The Hall–Kier alpha value is -1.55. The van der Waals surface area contributed by atoms with E-state index in [-0.39, 0.29) is 6.09 Å². The molecule has 1 spiro atoms. The second-order valence-electron chi connectivity index (χ2n) is 8.52. The number of nitrogens with zero attached hydrogens (tertiary/aromatic N) is 1. The van der Waals surface area contributed by atoms with Crippen LogP contribution in [0.25, 0.3) is 0 Å². The summed E-state index contributed by atoms with van der Waals surface area (Å²) in [6.07, 6.45) is 10.1. The number of amides is 1. The van der Waals surface area contributed by atoms with Crippen LogP contribution in [0.15, 0.2) is 24.3 Å². The molecule has 0 radical (unpaired) electrons. The summed E-state index contributed by atoms with van der Waals surface area (Å²) in [5.74, 6) is 1.96. The largest absolute Gasteiger partial charge is 0.438 e. The zero-order valence-electron chi connectivity index (χ0n) is 14.9. The highest BCUT2D eigenvalue weighted by Crippen LogP contribution is 2.47. The Bertz CT molecular complexity index is 652. The lowest BCUT2D eigenvalue weighted by Crippen LogP contribution is -2.50. The summed E-state index contributed by atoms with van der Waals surface area (Å²) < 4.78 is 5.87. The molecule has 1 N–H and O–H groups in total. The number of para-hydroxylation sites is 1. The topological polar surface area (TPSA) is 41.6 Å². The number of fused-ring (bicyclic) bond motifs is 3. The first-order chi connectivity index (χ1) is 12.2. The molecule has 1 amide bonds. The van der Waals surface area contributed by atoms with Gasteiger partial charge in [-0.05, 0) is 30.7 Å². The SMILES string of the molecule is O=C1Nc2ccccc2C2(CCN(C3CC4CCCCC4C3)CC2)O1. The van der Waals surface area contributed by atoms with Crippen molar-refractivity contribution in [3.63, 3.8) is 0 Å². The first-order valence-corrected chi connectivity index (χ1v) is 10.1. The van der Waals surface area contributed by atoms with Crippen molar-refractivity contribution in [2.45, 2.75) is 63.0 Å². The van der Waals surface area contributed by atoms with Gasteiger partial charge in [0.05, 0.1) is 5.69 Å². The van der Waals surface area contributed by atoms with Crippen LogP contribution in [0.5, 0.6) is 0 Å². The molecule has 4 nitrogen and oxygen atoms in total. The van der Waals surface area contributed by atoms with Gasteiger partial charge in [0, 0.05) is 37.5 Å². The van der Waals surface area contributed by atoms with Gasteiger partial charge in [-0.25, -0.2) is 4.79 Å². The van der Waals surface area contributed by atoms with Crippen LogP contribution in [-0.2, 0) is 10.3 Å². The minimum absolute atomic E-state index is 0.293. The van der Waals surface area contributed by atoms with E-state index in [0.29, 0.717) is 0 Å². The summed E-state index contributed by atoms with van der Waals surface area (Å²) in [6, 6.07) is 8.90. The average molecular weight is 340 g/mol. The fraction of sp³-hybridized carbons (Fsp3) is 0.667. The maximum absolute atomic E-state index is 12.1. The van der Waals surface area contributed by atoms with Crippen LogP contribution in [0.1, 0.15) is 56.9 Å². The number of carbonyl (C=O) groups excluding carboxylic acids is 1. The van der Waals surface area contributed by atoms with Crippen LogP contribution < -0.4 is 5.32 Å². The van der Waals surface area contributed by atoms with Gasteiger partial charge in [0.25, 0.3) is 0 Å². The maximum Gasteiger partial charge on any atom is 0.412 e. The summed E-state index contributed by atoms with van der Waals surface area (Å²) in [7, 11) is 0. The lowest BCUT2D eigenvalue weighted by atomic mass is 9.82. The number of piperidine rings is 1. The first-order valence-electron chi connectivity index (χ1n) is 10.1. The molecule has 2 saturated carbocycles. The van der Waals surface area contributed by atoms with Crippen molar-refractivity contribution < 1.29 is 9.53 Å². The molecule has 3 fully saturated rings. The maximum atomic E-state index is 12.1. The molecule has 2 unspecified atom stereocenters. The Morgan fingerprint density at radius 3 is 2.44 bits per heavy atom. The normalized spacial score (nSPS) is 34.1. The van der Waals surface area contributed by atoms with Crippen molar-refractivity contribution in [3.05, 3.63) is 29.8 Å². The Labute approximate surface area is 149 Å². The van der Waals surface area contributed by atoms with Crippen molar-refractivity contribution in [3.8, 4) is 0 Å². The van der Waals surface area contributed by atoms with Crippen LogP contribution >= 0.6 is 0 Å². The fourth-order valence-corrected chi connectivity index (χ4v) is 5.98. The first kappa shape index (κ1) is 15.7. The molecule has 25 heavy (non-hydrogen) atoms. The van der Waals surface area contributed by atoms with Crippen LogP contribution in [-0.4, -0.2) is 30.1 Å². The molecule has 2 aliphatic heterocycles. The predicted molar refractivity (Wildman–Crippen MR) is 97.5 cm³/mol. The third-order valence-electron chi connectivity index (χ3n) is 7.28. The molecule has 5 rings (SSSR count). The zero-order valence-corrected chi connectivity index (χ0v) is 14.9. The van der Waals surface area contributed by atoms with Crippen molar-refractivity contribution in [1.29, 1.82) is 0 Å². The molecule has 4 aliphatic rings. The molecule has 0 bridgehead atoms. The van der Waals surface area contributed by atoms with Crippen LogP contribution in [0.4, 0.5) is 10.5 Å². The number of anilines is 1. The average Bonchev–Trinajstić information content (AvgIpc) is 3.06. The summed E-state index contributed by atoms with van der Waals surface area (Å²) in [6.45, 7) is 2.09. The third-order valence-corrected chi connectivity index (χ3v) is 7.28. The number of likely N-dealkylation sites (tertiary alicyclic amines) is 1. The second-order valence-corrected chi connectivity index (χ2v) is 8.52. The second kappa shape index (κ2) is 6.01. The predicted octanol–water partition coefficient (Wildman–Crippen LogP) is 4.51. The number of hydrogen-bond acceptors (Lipinski definition) is 3. The molecule has 4 heteroatoms. The molecule has 2 aliphatic carbocycles. The monoisotopic (exact) mass is 340 g/mol. The lowest BCUT2D eigenvalue weighted by Gasteiger charge is -2.45. The number of hydrogen-bond donors (Lipinski definition) is 1. The summed E-state index contributed by atoms with van der Waals surface area (Å²) in [5, 5.41) is 2.86. The van der Waals surface area contributed by atoms with E-state index in [0.717, 1.165) is 55.1 Å². The number of nitrogens with one attached hydrogen (secondary N) is 1. The number of benzene rings is 1. The van der Waals surface area contributed by atoms with E-state index in [2.05, 4.69) is 22.3 Å². The zero-order chi connectivity index (χ0) is 16.9. The minimum Gasteiger partial charge on any atom is -0.438 e. The number of rotatable bonds is 1. The fourth-order valence-electron chi connectivity index (χ4n) is 5.98. The lowest BCUT2D eigenvalue weighted by molar-refractivity contribution is -0.0456. The van der Waals surface area contributed by atoms with E-state index < -0.39 is 5.60 Å². The molecule has 1 aromatic rings. The highest BCUT2D eigenvalue weighted by molar-refractivity contribution is 5.88. The van der Waals surface area contributed by atoms with Gasteiger partial charge in [0.1, 0.15) is 5.60 Å². The molecular weight excluding hydrogens is 312 g/mol. The quantitative estimate of drug-likeness (QED) is 0.818. The standard InChI is InChI=1S/C21H28N2O2/c24-20-22-19-8-4-3-7-18(19)21(25-20)9-11-23(12-10-21)17-13-15-5-1-2-6-16(15)14-17/h3-4,7-8,15-17H,1-2,5-6,9-14H2,(H,22,24). The molecule has 2 heterocycles. The van der Waals surface area contributed by atoms with Gasteiger partial charge in [0.15, 0.2) is 0 Å². The summed E-state index contributed by atoms with van der Waals surface area (Å²) >= 11 is 0. The molecule has 134 valence electrons. The molecule has 1 saturated heterocycles. The Balaban J connectivity index is 1.31. The van der Waals surface area contributed by atoms with Gasteiger partial charge in [-0.2, -0.15) is 0 Å². The summed E-state index contributed by atoms with van der Waals surface area (Å²) in [4.78, 5) is 14.8. The smallest absolute Gasteiger partial charge is 0.412 e. The molecule has 2 atom stereocenters. The van der Waals surface area contributed by atoms with Gasteiger partial charge in [-0.1, -0.05) is 43.9 Å². The van der Waals surface area contributed by atoms with Crippen LogP contribution in [0.2, 0.25) is 0 Å². The summed E-state index contributed by atoms with van der Waals surface area (Å²) in [5.41, 5.74) is 1.68. The Kier molecular flexibility index (Phi) is 3.77. The van der Waals surface area contributed by atoms with Gasteiger partial charge < -0.3 is 9.64 Å². The molecule has 0 aromatic heterocycles. The van der Waals surface area contributed by atoms with Gasteiger partial charge >= 0.3 is 6.09 Å². The highest BCUT2D eigenvalue weighted by Gasteiger charge is 2.46. The van der Waals surface area contributed by atoms with Crippen molar-refractivity contribution in [2.24, 2.45) is 11.8 Å². The van der Waals surface area contributed by atoms with E-state index in [9.17, 15) is 4.79 Å². The van der Waals surface area contributed by atoms with Crippen molar-refractivity contribution in [1.82, 2.24) is 4.90 Å². The van der Waals surface area contributed by atoms with Crippen molar-refractivity contribution >= 4 is 11.8 Å². The van der Waals surface area contributed by atoms with Crippen LogP contribution in [0, 0.1) is 11.8 Å². The minimum atomic E-state index is -0.416. The van der Waals surface area contributed by atoms with E-state index in [1.54, 1.807) is 0 Å². The number of ether oxygens (including phenoxy) is 1. The third kappa shape index (κ3) is 2.66. The molecule has 1 aromatic carbocycles. The Morgan fingerprint density at radius 1 is 1.04 bits per heavy atom. The molecular formula is C21H28N2O2. The van der Waals surface area contributed by atoms with E-state index in [1.807, 2.05) is 12.1 Å². The van der Waals surface area contributed by atoms with Gasteiger partial charge in [-0.3, -0.25) is 5.32 Å². The van der Waals surface area contributed by atoms with Crippen LogP contribution in [0.3, 0.4) is 0 Å². The van der Waals surface area contributed by atoms with Gasteiger partial charge in [0.2, 0.25) is 0 Å². The van der Waals surface area contributed by atoms with E-state index >= 15 is 0 Å². The number of carbonyl (C=O) groups is 1. The van der Waals surface area contributed by atoms with Crippen molar-refractivity contribution in [2.75, 3.05) is 18.4 Å². The van der Waals surface area contributed by atoms with E-state index in [4.69, 9.17) is 4.74 Å². The van der Waals surface area contributed by atoms with E-state index in [1.165, 1.54) is 38.5 Å².